The molecule has 1 aliphatic heterocycles. The Hall–Kier alpha value is -4.17. The molecule has 8 heteroatoms. The average Bonchev–Trinajstić information content (AvgIpc) is 3.19. The second kappa shape index (κ2) is 14.3. The topological polar surface area (TPSA) is 126 Å². The smallest absolute Gasteiger partial charge is 0.241 e. The summed E-state index contributed by atoms with van der Waals surface area (Å²) in [5.74, 6) is -0.0138. The summed E-state index contributed by atoms with van der Waals surface area (Å²) in [6, 6.07) is 27.9. The second-order valence-corrected chi connectivity index (χ2v) is 11.8. The Balaban J connectivity index is 1.33. The summed E-state index contributed by atoms with van der Waals surface area (Å²) in [6.45, 7) is 3.52. The molecule has 0 spiro atoms. The molecular formula is C35H44N6O2. The minimum atomic E-state index is -0.606. The minimum absolute atomic E-state index is 0.0144. The van der Waals surface area contributed by atoms with E-state index < -0.39 is 12.1 Å². The van der Waals surface area contributed by atoms with Crippen molar-refractivity contribution in [1.29, 1.82) is 0 Å². The molecule has 2 amide bonds. The largest absolute Gasteiger partial charge is 0.370 e. The van der Waals surface area contributed by atoms with Gasteiger partial charge >= 0.3 is 0 Å². The van der Waals surface area contributed by atoms with Crippen molar-refractivity contribution < 1.29 is 9.59 Å². The summed E-state index contributed by atoms with van der Waals surface area (Å²) >= 11 is 0. The van der Waals surface area contributed by atoms with E-state index in [0.29, 0.717) is 32.5 Å². The molecule has 4 atom stereocenters. The molecule has 1 aliphatic carbocycles. The van der Waals surface area contributed by atoms with Crippen LogP contribution in [0, 0.1) is 5.92 Å². The number of carbonyl (C=O) groups excluding carboxylic acids is 2. The molecule has 0 radical (unpaired) electrons. The monoisotopic (exact) mass is 580 g/mol. The van der Waals surface area contributed by atoms with E-state index in [9.17, 15) is 9.59 Å². The van der Waals surface area contributed by atoms with Gasteiger partial charge in [0, 0.05) is 37.5 Å². The molecule has 1 saturated heterocycles. The van der Waals surface area contributed by atoms with Gasteiger partial charge in [0.1, 0.15) is 6.04 Å². The molecule has 5 rings (SSSR count). The van der Waals surface area contributed by atoms with Crippen molar-refractivity contribution in [2.45, 2.75) is 63.1 Å². The molecule has 0 saturated carbocycles. The normalized spacial score (nSPS) is 21.0. The van der Waals surface area contributed by atoms with Crippen LogP contribution in [0.3, 0.4) is 0 Å². The van der Waals surface area contributed by atoms with Crippen LogP contribution < -0.4 is 22.1 Å². The van der Waals surface area contributed by atoms with Gasteiger partial charge in [0.25, 0.3) is 0 Å². The predicted molar refractivity (Wildman–Crippen MR) is 171 cm³/mol. The number of nitrogens with two attached hydrogens (primary N) is 2. The lowest BCUT2D eigenvalue weighted by atomic mass is 9.83. The number of carbonyl (C=O) groups is 2. The number of fused-ring (bicyclic) bond motifs is 1. The zero-order chi connectivity index (χ0) is 30.2. The molecule has 0 aromatic heterocycles. The molecule has 226 valence electrons. The Bertz CT molecular complexity index is 1350. The van der Waals surface area contributed by atoms with Gasteiger partial charge in [0.2, 0.25) is 11.8 Å². The highest BCUT2D eigenvalue weighted by atomic mass is 16.2. The fourth-order valence-electron chi connectivity index (χ4n) is 6.52. The van der Waals surface area contributed by atoms with Crippen molar-refractivity contribution in [2.24, 2.45) is 22.4 Å². The molecule has 6 N–H and O–H groups in total. The SMILES string of the molecule is CCC(N=C(N)N)[C@@H]1N[C@H](CNC(=O)C2CCc3ccccc3C2)CCN(CC(c2ccccc2)c2ccccc2)C1=O. The van der Waals surface area contributed by atoms with Crippen LogP contribution in [0.2, 0.25) is 0 Å². The number of rotatable bonds is 10. The van der Waals surface area contributed by atoms with Crippen molar-refractivity contribution in [3.63, 3.8) is 0 Å². The van der Waals surface area contributed by atoms with Crippen LogP contribution >= 0.6 is 0 Å². The molecule has 0 bridgehead atoms. The zero-order valence-corrected chi connectivity index (χ0v) is 25.0. The number of guanidine groups is 1. The first-order valence-corrected chi connectivity index (χ1v) is 15.5. The Morgan fingerprint density at radius 1 is 0.953 bits per heavy atom. The van der Waals surface area contributed by atoms with E-state index in [-0.39, 0.29) is 35.7 Å². The molecule has 1 heterocycles. The van der Waals surface area contributed by atoms with Gasteiger partial charge in [0.15, 0.2) is 5.96 Å². The fourth-order valence-corrected chi connectivity index (χ4v) is 6.52. The summed E-state index contributed by atoms with van der Waals surface area (Å²) in [4.78, 5) is 33.9. The number of amides is 2. The van der Waals surface area contributed by atoms with E-state index in [2.05, 4.69) is 58.1 Å². The van der Waals surface area contributed by atoms with E-state index in [0.717, 1.165) is 30.4 Å². The fraction of sp³-hybridized carbons (Fsp3) is 0.400. The maximum Gasteiger partial charge on any atom is 0.241 e. The first-order chi connectivity index (χ1) is 20.9. The molecule has 2 unspecified atom stereocenters. The van der Waals surface area contributed by atoms with E-state index in [1.165, 1.54) is 11.1 Å². The molecule has 2 aliphatic rings. The third-order valence-corrected chi connectivity index (χ3v) is 8.91. The molecule has 43 heavy (non-hydrogen) atoms. The van der Waals surface area contributed by atoms with Crippen LogP contribution in [0.4, 0.5) is 0 Å². The summed E-state index contributed by atoms with van der Waals surface area (Å²) in [5, 5.41) is 6.76. The first kappa shape index (κ1) is 30.3. The first-order valence-electron chi connectivity index (χ1n) is 15.5. The van der Waals surface area contributed by atoms with Gasteiger partial charge in [-0.05, 0) is 54.4 Å². The summed E-state index contributed by atoms with van der Waals surface area (Å²) in [5.41, 5.74) is 16.5. The lowest BCUT2D eigenvalue weighted by molar-refractivity contribution is -0.133. The summed E-state index contributed by atoms with van der Waals surface area (Å²) < 4.78 is 0. The number of benzene rings is 3. The number of aryl methyl sites for hydroxylation is 1. The average molecular weight is 581 g/mol. The van der Waals surface area contributed by atoms with E-state index in [4.69, 9.17) is 11.5 Å². The third kappa shape index (κ3) is 7.62. The summed E-state index contributed by atoms with van der Waals surface area (Å²) in [6.07, 6.45) is 3.82. The minimum Gasteiger partial charge on any atom is -0.370 e. The van der Waals surface area contributed by atoms with Crippen LogP contribution in [0.1, 0.15) is 54.4 Å². The van der Waals surface area contributed by atoms with Gasteiger partial charge in [-0.25, -0.2) is 4.99 Å². The van der Waals surface area contributed by atoms with Crippen molar-refractivity contribution in [3.8, 4) is 0 Å². The Kier molecular flexibility index (Phi) is 10.1. The Morgan fingerprint density at radius 2 is 1.58 bits per heavy atom. The van der Waals surface area contributed by atoms with Gasteiger partial charge in [-0.1, -0.05) is 91.9 Å². The van der Waals surface area contributed by atoms with Crippen LogP contribution in [-0.2, 0) is 22.4 Å². The number of aliphatic imine (C=N–C) groups is 1. The van der Waals surface area contributed by atoms with E-state index in [1.54, 1.807) is 0 Å². The third-order valence-electron chi connectivity index (χ3n) is 8.91. The van der Waals surface area contributed by atoms with Crippen molar-refractivity contribution in [1.82, 2.24) is 15.5 Å². The standard InChI is InChI=1S/C35H44N6O2/c1-2-31(40-35(36)37)32-34(43)41(23-30(25-12-5-3-6-13-25)26-14-7-4-8-15-26)20-19-29(39-32)22-38-33(42)28-18-17-24-11-9-10-16-27(24)21-28/h3-16,28-32,39H,2,17-23H2,1H3,(H,38,42)(H4,36,37,40)/t28?,29-,31?,32-/m0/s1. The molecule has 3 aromatic rings. The molecule has 1 fully saturated rings. The van der Waals surface area contributed by atoms with Crippen LogP contribution in [0.25, 0.3) is 0 Å². The maximum absolute atomic E-state index is 14.2. The Morgan fingerprint density at radius 3 is 2.21 bits per heavy atom. The lowest BCUT2D eigenvalue weighted by Gasteiger charge is -2.31. The molecule has 3 aromatic carbocycles. The number of nitrogens with zero attached hydrogens (tertiary/aromatic N) is 2. The van der Waals surface area contributed by atoms with Crippen LogP contribution in [0.5, 0.6) is 0 Å². The maximum atomic E-state index is 14.2. The molecule has 8 nitrogen and oxygen atoms in total. The zero-order valence-electron chi connectivity index (χ0n) is 25.0. The lowest BCUT2D eigenvalue weighted by Crippen LogP contribution is -2.54. The van der Waals surface area contributed by atoms with Crippen LogP contribution in [0.15, 0.2) is 89.9 Å². The number of hydrogen-bond donors (Lipinski definition) is 4. The van der Waals surface area contributed by atoms with Crippen LogP contribution in [-0.4, -0.2) is 60.4 Å². The Labute approximate surface area is 254 Å². The van der Waals surface area contributed by atoms with E-state index in [1.807, 2.05) is 54.3 Å². The van der Waals surface area contributed by atoms with Gasteiger partial charge in [-0.2, -0.15) is 0 Å². The number of nitrogens with one attached hydrogen (secondary N) is 2. The van der Waals surface area contributed by atoms with Gasteiger partial charge in [-0.3, -0.25) is 14.9 Å². The predicted octanol–water partition coefficient (Wildman–Crippen LogP) is 3.35. The van der Waals surface area contributed by atoms with Crippen molar-refractivity contribution >= 4 is 17.8 Å². The van der Waals surface area contributed by atoms with Gasteiger partial charge in [0.05, 0.1) is 6.04 Å². The molecular weight excluding hydrogens is 536 g/mol. The van der Waals surface area contributed by atoms with Crippen molar-refractivity contribution in [3.05, 3.63) is 107 Å². The summed E-state index contributed by atoms with van der Waals surface area (Å²) in [7, 11) is 0. The highest BCUT2D eigenvalue weighted by Crippen LogP contribution is 2.28. The highest BCUT2D eigenvalue weighted by molar-refractivity contribution is 5.84. The van der Waals surface area contributed by atoms with Crippen molar-refractivity contribution in [2.75, 3.05) is 19.6 Å². The van der Waals surface area contributed by atoms with Gasteiger partial charge < -0.3 is 21.7 Å². The van der Waals surface area contributed by atoms with E-state index >= 15 is 0 Å². The number of hydrogen-bond acceptors (Lipinski definition) is 4. The second-order valence-electron chi connectivity index (χ2n) is 11.8. The quantitative estimate of drug-likeness (QED) is 0.216. The highest BCUT2D eigenvalue weighted by Gasteiger charge is 2.37. The van der Waals surface area contributed by atoms with Gasteiger partial charge in [-0.15, -0.1) is 0 Å².